The van der Waals surface area contributed by atoms with E-state index >= 15 is 0 Å². The first-order valence-corrected chi connectivity index (χ1v) is 9.02. The summed E-state index contributed by atoms with van der Waals surface area (Å²) in [4.78, 5) is 15.3. The van der Waals surface area contributed by atoms with Gasteiger partial charge in [0.25, 0.3) is 5.22 Å². The van der Waals surface area contributed by atoms with Crippen molar-refractivity contribution in [2.24, 2.45) is 0 Å². The molecule has 0 unspecified atom stereocenters. The van der Waals surface area contributed by atoms with Crippen LogP contribution in [0.1, 0.15) is 11.5 Å². The molecule has 27 heavy (non-hydrogen) atoms. The third kappa shape index (κ3) is 3.50. The molecule has 6 nitrogen and oxygen atoms in total. The van der Waals surface area contributed by atoms with E-state index in [0.717, 1.165) is 39.5 Å². The quantitative estimate of drug-likeness (QED) is 0.385. The van der Waals surface area contributed by atoms with Crippen LogP contribution in [0.5, 0.6) is 0 Å². The summed E-state index contributed by atoms with van der Waals surface area (Å²) < 4.78 is 5.31. The molecule has 134 valence electrons. The molecule has 0 atom stereocenters. The molecule has 0 saturated heterocycles. The maximum Gasteiger partial charge on any atom is 0.342 e. The van der Waals surface area contributed by atoms with Gasteiger partial charge in [0, 0.05) is 23.4 Å². The van der Waals surface area contributed by atoms with Crippen molar-refractivity contribution in [3.63, 3.8) is 0 Å². The van der Waals surface area contributed by atoms with Gasteiger partial charge in [0.2, 0.25) is 5.89 Å². The van der Waals surface area contributed by atoms with Gasteiger partial charge in [-0.15, -0.1) is 10.2 Å². The summed E-state index contributed by atoms with van der Waals surface area (Å²) in [6.45, 7) is 1.66. The SMILES string of the molecule is Cc1nnc(S/C(=C\c2c(-c3ccccc3)[nH]c3ccccc23)C(=O)O)o1. The number of para-hydroxylation sites is 1. The molecule has 2 aromatic heterocycles. The van der Waals surface area contributed by atoms with Gasteiger partial charge < -0.3 is 14.5 Å². The highest BCUT2D eigenvalue weighted by atomic mass is 32.2. The molecule has 2 N–H and O–H groups in total. The summed E-state index contributed by atoms with van der Waals surface area (Å²) in [5.41, 5.74) is 3.57. The number of aryl methyl sites for hydroxylation is 1. The number of carboxylic acids is 1. The average molecular weight is 377 g/mol. The first kappa shape index (κ1) is 17.1. The van der Waals surface area contributed by atoms with Gasteiger partial charge in [0.1, 0.15) is 4.91 Å². The van der Waals surface area contributed by atoms with Gasteiger partial charge in [-0.05, 0) is 29.5 Å². The fourth-order valence-electron chi connectivity index (χ4n) is 2.83. The van der Waals surface area contributed by atoms with E-state index in [1.165, 1.54) is 0 Å². The van der Waals surface area contributed by atoms with Gasteiger partial charge >= 0.3 is 5.97 Å². The molecule has 0 amide bonds. The first-order valence-electron chi connectivity index (χ1n) is 8.21. The number of carbonyl (C=O) groups is 1. The standard InChI is InChI=1S/C20H15N3O3S/c1-12-22-23-20(26-12)27-17(19(24)25)11-15-14-9-5-6-10-16(14)21-18(15)13-7-3-2-4-8-13/h2-11,21H,1H3,(H,24,25)/b17-11-. The lowest BCUT2D eigenvalue weighted by Gasteiger charge is -2.03. The fourth-order valence-corrected chi connectivity index (χ4v) is 3.52. The molecule has 0 fully saturated rings. The zero-order valence-corrected chi connectivity index (χ0v) is 15.2. The van der Waals surface area contributed by atoms with Crippen LogP contribution in [0.2, 0.25) is 0 Å². The molecule has 0 aliphatic heterocycles. The van der Waals surface area contributed by atoms with Crippen molar-refractivity contribution in [3.8, 4) is 11.3 Å². The Morgan fingerprint density at radius 3 is 2.56 bits per heavy atom. The van der Waals surface area contributed by atoms with Gasteiger partial charge in [0.15, 0.2) is 0 Å². The summed E-state index contributed by atoms with van der Waals surface area (Å²) in [5, 5.41) is 18.4. The monoisotopic (exact) mass is 377 g/mol. The number of thioether (sulfide) groups is 1. The number of fused-ring (bicyclic) bond motifs is 1. The molecule has 0 radical (unpaired) electrons. The van der Waals surface area contributed by atoms with Gasteiger partial charge in [-0.2, -0.15) is 0 Å². The van der Waals surface area contributed by atoms with Crippen LogP contribution < -0.4 is 0 Å². The molecule has 4 rings (SSSR count). The van der Waals surface area contributed by atoms with Crippen LogP contribution in [-0.4, -0.2) is 26.3 Å². The van der Waals surface area contributed by atoms with Crippen molar-refractivity contribution in [1.82, 2.24) is 15.2 Å². The van der Waals surface area contributed by atoms with E-state index in [-0.39, 0.29) is 10.1 Å². The molecular formula is C20H15N3O3S. The van der Waals surface area contributed by atoms with Crippen LogP contribution in [0.4, 0.5) is 0 Å². The van der Waals surface area contributed by atoms with Gasteiger partial charge in [-0.1, -0.05) is 48.5 Å². The number of H-pyrrole nitrogens is 1. The minimum atomic E-state index is -1.06. The number of nitrogens with one attached hydrogen (secondary N) is 1. The Bertz CT molecular complexity index is 1150. The Kier molecular flexibility index (Phi) is 4.52. The summed E-state index contributed by atoms with van der Waals surface area (Å²) in [5.74, 6) is -0.667. The van der Waals surface area contributed by atoms with Crippen LogP contribution in [0.3, 0.4) is 0 Å². The molecule has 4 aromatic rings. The van der Waals surface area contributed by atoms with E-state index in [2.05, 4.69) is 15.2 Å². The maximum atomic E-state index is 11.8. The van der Waals surface area contributed by atoms with E-state index in [4.69, 9.17) is 4.42 Å². The Morgan fingerprint density at radius 2 is 1.85 bits per heavy atom. The number of aliphatic carboxylic acids is 1. The van der Waals surface area contributed by atoms with Crippen LogP contribution in [0.15, 0.2) is 69.1 Å². The second kappa shape index (κ2) is 7.13. The van der Waals surface area contributed by atoms with Gasteiger partial charge in [-0.3, -0.25) is 0 Å². The first-order chi connectivity index (χ1) is 13.1. The second-order valence-electron chi connectivity index (χ2n) is 5.83. The molecule has 0 spiro atoms. The normalized spacial score (nSPS) is 11.8. The molecule has 0 bridgehead atoms. The predicted molar refractivity (Wildman–Crippen MR) is 104 cm³/mol. The number of nitrogens with zero attached hydrogens (tertiary/aromatic N) is 2. The van der Waals surface area contributed by atoms with E-state index in [0.29, 0.717) is 5.89 Å². The third-order valence-electron chi connectivity index (χ3n) is 4.00. The fraction of sp³-hybridized carbons (Fsp3) is 0.0500. The summed E-state index contributed by atoms with van der Waals surface area (Å²) in [7, 11) is 0. The lowest BCUT2D eigenvalue weighted by Crippen LogP contribution is -1.97. The highest BCUT2D eigenvalue weighted by Gasteiger charge is 2.18. The Labute approximate surface area is 158 Å². The van der Waals surface area contributed by atoms with Crippen molar-refractivity contribution in [3.05, 3.63) is 71.0 Å². The number of rotatable bonds is 5. The van der Waals surface area contributed by atoms with Crippen molar-refractivity contribution in [2.75, 3.05) is 0 Å². The molecule has 2 heterocycles. The van der Waals surface area contributed by atoms with Crippen LogP contribution in [-0.2, 0) is 4.79 Å². The molecule has 7 heteroatoms. The molecule has 0 aliphatic rings. The zero-order chi connectivity index (χ0) is 18.8. The topological polar surface area (TPSA) is 92.0 Å². The summed E-state index contributed by atoms with van der Waals surface area (Å²) in [6.07, 6.45) is 1.65. The minimum Gasteiger partial charge on any atom is -0.477 e. The number of hydrogen-bond acceptors (Lipinski definition) is 5. The van der Waals surface area contributed by atoms with Crippen molar-refractivity contribution in [2.45, 2.75) is 12.1 Å². The van der Waals surface area contributed by atoms with Crippen molar-refractivity contribution in [1.29, 1.82) is 0 Å². The Hall–Kier alpha value is -3.32. The van der Waals surface area contributed by atoms with Crippen molar-refractivity contribution >= 4 is 34.7 Å². The molecule has 2 aromatic carbocycles. The third-order valence-corrected chi connectivity index (χ3v) is 4.85. The Balaban J connectivity index is 1.87. The average Bonchev–Trinajstić information content (AvgIpc) is 3.25. The molecule has 0 aliphatic carbocycles. The van der Waals surface area contributed by atoms with E-state index in [1.807, 2.05) is 54.6 Å². The second-order valence-corrected chi connectivity index (χ2v) is 6.82. The largest absolute Gasteiger partial charge is 0.477 e. The Morgan fingerprint density at radius 1 is 1.11 bits per heavy atom. The molecule has 0 saturated carbocycles. The van der Waals surface area contributed by atoms with E-state index < -0.39 is 5.97 Å². The summed E-state index contributed by atoms with van der Waals surface area (Å²) >= 11 is 0.936. The molecular weight excluding hydrogens is 362 g/mol. The smallest absolute Gasteiger partial charge is 0.342 e. The van der Waals surface area contributed by atoms with E-state index in [1.54, 1.807) is 13.0 Å². The van der Waals surface area contributed by atoms with Crippen LogP contribution in [0.25, 0.3) is 28.2 Å². The predicted octanol–water partition coefficient (Wildman–Crippen LogP) is 4.74. The number of benzene rings is 2. The van der Waals surface area contributed by atoms with Gasteiger partial charge in [0.05, 0.1) is 5.69 Å². The summed E-state index contributed by atoms with van der Waals surface area (Å²) in [6, 6.07) is 17.6. The lowest BCUT2D eigenvalue weighted by molar-refractivity contribution is -0.131. The lowest BCUT2D eigenvalue weighted by atomic mass is 10.0. The minimum absolute atomic E-state index is 0.0978. The number of carboxylic acid groups (broad SMARTS) is 1. The van der Waals surface area contributed by atoms with Crippen molar-refractivity contribution < 1.29 is 14.3 Å². The maximum absolute atomic E-state index is 11.8. The number of aromatic nitrogens is 3. The highest BCUT2D eigenvalue weighted by Crippen LogP contribution is 2.35. The van der Waals surface area contributed by atoms with Crippen LogP contribution in [0, 0.1) is 6.92 Å². The number of hydrogen-bond donors (Lipinski definition) is 2. The van der Waals surface area contributed by atoms with Crippen LogP contribution >= 0.6 is 11.8 Å². The highest BCUT2D eigenvalue weighted by molar-refractivity contribution is 8.03. The zero-order valence-electron chi connectivity index (χ0n) is 14.3. The van der Waals surface area contributed by atoms with Gasteiger partial charge in [-0.25, -0.2) is 4.79 Å². The van der Waals surface area contributed by atoms with E-state index in [9.17, 15) is 9.90 Å². The number of aromatic amines is 1.